The van der Waals surface area contributed by atoms with E-state index in [4.69, 9.17) is 10.9 Å². The van der Waals surface area contributed by atoms with Gasteiger partial charge in [0.2, 0.25) is 5.91 Å². The predicted octanol–water partition coefficient (Wildman–Crippen LogP) is 1.31. The Labute approximate surface area is 102 Å². The van der Waals surface area contributed by atoms with E-state index in [1.165, 1.54) is 0 Å². The first kappa shape index (κ1) is 12.2. The zero-order valence-electron chi connectivity index (χ0n) is 10.2. The third-order valence-corrected chi connectivity index (χ3v) is 4.11. The van der Waals surface area contributed by atoms with Crippen molar-refractivity contribution in [3.8, 4) is 0 Å². The van der Waals surface area contributed by atoms with Crippen molar-refractivity contribution in [2.45, 2.75) is 44.9 Å². The van der Waals surface area contributed by atoms with Crippen molar-refractivity contribution in [1.29, 1.82) is 0 Å². The van der Waals surface area contributed by atoms with E-state index in [-0.39, 0.29) is 11.7 Å². The van der Waals surface area contributed by atoms with Crippen LogP contribution in [0.15, 0.2) is 5.16 Å². The summed E-state index contributed by atoms with van der Waals surface area (Å²) in [6, 6.07) is 0. The molecular weight excluding hydrogens is 218 g/mol. The van der Waals surface area contributed by atoms with Gasteiger partial charge in [0.05, 0.1) is 0 Å². The fourth-order valence-electron chi connectivity index (χ4n) is 3.05. The standard InChI is InChI=1S/C12H21N3O2/c13-10(14-17)12(6-2-1-3-7-12)11(16)15-8-4-5-9-15/h17H,1-9H2,(H2,13,14). The van der Waals surface area contributed by atoms with E-state index in [1.807, 2.05) is 4.90 Å². The van der Waals surface area contributed by atoms with Crippen LogP contribution < -0.4 is 5.73 Å². The molecule has 0 spiro atoms. The van der Waals surface area contributed by atoms with Crippen LogP contribution >= 0.6 is 0 Å². The van der Waals surface area contributed by atoms with Crippen LogP contribution in [0.2, 0.25) is 0 Å². The maximum Gasteiger partial charge on any atom is 0.236 e. The van der Waals surface area contributed by atoms with Gasteiger partial charge in [-0.05, 0) is 25.7 Å². The lowest BCUT2D eigenvalue weighted by Gasteiger charge is -2.37. The Kier molecular flexibility index (Phi) is 3.54. The first-order valence-corrected chi connectivity index (χ1v) is 6.48. The minimum Gasteiger partial charge on any atom is -0.409 e. The first-order chi connectivity index (χ1) is 8.20. The molecule has 3 N–H and O–H groups in total. The molecule has 1 amide bonds. The molecule has 0 aromatic rings. The highest BCUT2D eigenvalue weighted by Crippen LogP contribution is 2.39. The maximum atomic E-state index is 12.6. The van der Waals surface area contributed by atoms with Crippen LogP contribution in [0.25, 0.3) is 0 Å². The lowest BCUT2D eigenvalue weighted by Crippen LogP contribution is -2.51. The zero-order chi connectivity index (χ0) is 12.3. The van der Waals surface area contributed by atoms with Crippen LogP contribution in [0.5, 0.6) is 0 Å². The summed E-state index contributed by atoms with van der Waals surface area (Å²) >= 11 is 0. The van der Waals surface area contributed by atoms with Crippen molar-refractivity contribution in [2.24, 2.45) is 16.3 Å². The Hall–Kier alpha value is -1.26. The summed E-state index contributed by atoms with van der Waals surface area (Å²) in [5.41, 5.74) is 5.08. The highest BCUT2D eigenvalue weighted by molar-refractivity contribution is 6.06. The molecule has 2 aliphatic rings. The lowest BCUT2D eigenvalue weighted by atomic mass is 9.72. The van der Waals surface area contributed by atoms with Gasteiger partial charge in [0.25, 0.3) is 0 Å². The average molecular weight is 239 g/mol. The monoisotopic (exact) mass is 239 g/mol. The predicted molar refractivity (Wildman–Crippen MR) is 64.7 cm³/mol. The normalized spacial score (nSPS) is 24.9. The van der Waals surface area contributed by atoms with Crippen molar-refractivity contribution >= 4 is 11.7 Å². The summed E-state index contributed by atoms with van der Waals surface area (Å²) in [5.74, 6) is 0.180. The molecule has 1 aliphatic carbocycles. The van der Waals surface area contributed by atoms with Gasteiger partial charge in [0.15, 0.2) is 5.84 Å². The van der Waals surface area contributed by atoms with Gasteiger partial charge in [0, 0.05) is 13.1 Å². The molecule has 0 aromatic heterocycles. The summed E-state index contributed by atoms with van der Waals surface area (Å²) in [6.45, 7) is 1.64. The quantitative estimate of drug-likeness (QED) is 0.330. The summed E-state index contributed by atoms with van der Waals surface area (Å²) in [4.78, 5) is 14.5. The fourth-order valence-corrected chi connectivity index (χ4v) is 3.05. The molecule has 0 unspecified atom stereocenters. The number of likely N-dealkylation sites (tertiary alicyclic amines) is 1. The Balaban J connectivity index is 2.22. The molecule has 0 bridgehead atoms. The van der Waals surface area contributed by atoms with Gasteiger partial charge in [0.1, 0.15) is 5.41 Å². The van der Waals surface area contributed by atoms with Crippen molar-refractivity contribution < 1.29 is 10.0 Å². The summed E-state index contributed by atoms with van der Waals surface area (Å²) in [5, 5.41) is 12.1. The second-order valence-electron chi connectivity index (χ2n) is 5.13. The first-order valence-electron chi connectivity index (χ1n) is 6.48. The van der Waals surface area contributed by atoms with Crippen LogP contribution in [0, 0.1) is 5.41 Å². The summed E-state index contributed by atoms with van der Waals surface area (Å²) in [6.07, 6.45) is 6.67. The maximum absolute atomic E-state index is 12.6. The zero-order valence-corrected chi connectivity index (χ0v) is 10.2. The second-order valence-corrected chi connectivity index (χ2v) is 5.13. The molecule has 5 nitrogen and oxygen atoms in total. The van der Waals surface area contributed by atoms with Crippen molar-refractivity contribution in [3.63, 3.8) is 0 Å². The van der Waals surface area contributed by atoms with E-state index in [9.17, 15) is 4.79 Å². The van der Waals surface area contributed by atoms with Gasteiger partial charge in [-0.3, -0.25) is 4.79 Å². The van der Waals surface area contributed by atoms with Gasteiger partial charge < -0.3 is 15.8 Å². The fraction of sp³-hybridized carbons (Fsp3) is 0.833. The number of carbonyl (C=O) groups excluding carboxylic acids is 1. The van der Waals surface area contributed by atoms with E-state index in [1.54, 1.807) is 0 Å². The molecule has 2 rings (SSSR count). The Morgan fingerprint density at radius 1 is 1.12 bits per heavy atom. The SMILES string of the molecule is NC(=NO)C1(C(=O)N2CCCC2)CCCCC1. The number of rotatable bonds is 2. The van der Waals surface area contributed by atoms with Crippen LogP contribution in [0.1, 0.15) is 44.9 Å². The molecule has 0 atom stereocenters. The van der Waals surface area contributed by atoms with Crippen molar-refractivity contribution in [3.05, 3.63) is 0 Å². The van der Waals surface area contributed by atoms with Gasteiger partial charge in [-0.15, -0.1) is 0 Å². The number of hydrogen-bond acceptors (Lipinski definition) is 3. The van der Waals surface area contributed by atoms with Crippen LogP contribution in [0.3, 0.4) is 0 Å². The minimum atomic E-state index is -0.725. The Morgan fingerprint density at radius 2 is 1.71 bits per heavy atom. The molecule has 96 valence electrons. The molecule has 0 radical (unpaired) electrons. The highest BCUT2D eigenvalue weighted by Gasteiger charge is 2.46. The Morgan fingerprint density at radius 3 is 2.24 bits per heavy atom. The largest absolute Gasteiger partial charge is 0.409 e. The smallest absolute Gasteiger partial charge is 0.236 e. The number of amidine groups is 1. The summed E-state index contributed by atoms with van der Waals surface area (Å²) < 4.78 is 0. The van der Waals surface area contributed by atoms with Gasteiger partial charge in [-0.1, -0.05) is 24.4 Å². The molecular formula is C12H21N3O2. The molecule has 1 saturated carbocycles. The van der Waals surface area contributed by atoms with Crippen molar-refractivity contribution in [1.82, 2.24) is 4.90 Å². The average Bonchev–Trinajstić information content (AvgIpc) is 2.91. The van der Waals surface area contributed by atoms with Crippen LogP contribution in [-0.4, -0.2) is 34.9 Å². The number of hydrogen-bond donors (Lipinski definition) is 2. The summed E-state index contributed by atoms with van der Waals surface area (Å²) in [7, 11) is 0. The van der Waals surface area contributed by atoms with E-state index < -0.39 is 5.41 Å². The number of carbonyl (C=O) groups is 1. The van der Waals surface area contributed by atoms with Gasteiger partial charge >= 0.3 is 0 Å². The van der Waals surface area contributed by atoms with Gasteiger partial charge in [-0.25, -0.2) is 0 Å². The van der Waals surface area contributed by atoms with Crippen LogP contribution in [-0.2, 0) is 4.79 Å². The third-order valence-electron chi connectivity index (χ3n) is 4.11. The Bertz CT molecular complexity index is 316. The van der Waals surface area contributed by atoms with E-state index in [0.29, 0.717) is 0 Å². The third kappa shape index (κ3) is 2.10. The molecule has 1 heterocycles. The van der Waals surface area contributed by atoms with E-state index >= 15 is 0 Å². The molecule has 17 heavy (non-hydrogen) atoms. The van der Waals surface area contributed by atoms with Crippen molar-refractivity contribution in [2.75, 3.05) is 13.1 Å². The van der Waals surface area contributed by atoms with E-state index in [2.05, 4.69) is 5.16 Å². The lowest BCUT2D eigenvalue weighted by molar-refractivity contribution is -0.138. The van der Waals surface area contributed by atoms with Crippen LogP contribution in [0.4, 0.5) is 0 Å². The number of oxime groups is 1. The minimum absolute atomic E-state index is 0.0741. The number of amides is 1. The molecule has 0 aromatic carbocycles. The van der Waals surface area contributed by atoms with Gasteiger partial charge in [-0.2, -0.15) is 0 Å². The number of nitrogens with two attached hydrogens (primary N) is 1. The highest BCUT2D eigenvalue weighted by atomic mass is 16.4. The molecule has 5 heteroatoms. The molecule has 2 fully saturated rings. The molecule has 1 aliphatic heterocycles. The number of nitrogens with zero attached hydrogens (tertiary/aromatic N) is 2. The second kappa shape index (κ2) is 4.94. The topological polar surface area (TPSA) is 78.9 Å². The van der Waals surface area contributed by atoms with E-state index in [0.717, 1.165) is 58.0 Å². The molecule has 1 saturated heterocycles.